The number of aliphatic hydroxyl groups excluding tert-OH is 1. The first-order valence-corrected chi connectivity index (χ1v) is 6.69. The van der Waals surface area contributed by atoms with Crippen LogP contribution in [0.5, 0.6) is 0 Å². The minimum Gasteiger partial charge on any atom is -0.399 e. The van der Waals surface area contributed by atoms with Crippen LogP contribution in [-0.2, 0) is 11.3 Å². The molecule has 0 amide bonds. The van der Waals surface area contributed by atoms with Crippen molar-refractivity contribution >= 4 is 16.7 Å². The molecule has 102 valence electrons. The van der Waals surface area contributed by atoms with Crippen LogP contribution in [0.25, 0.3) is 11.0 Å². The Hall–Kier alpha value is -1.59. The Labute approximate surface area is 112 Å². The van der Waals surface area contributed by atoms with E-state index in [0.29, 0.717) is 11.5 Å². The second-order valence-corrected chi connectivity index (χ2v) is 5.10. The summed E-state index contributed by atoms with van der Waals surface area (Å²) in [6, 6.07) is 5.83. The van der Waals surface area contributed by atoms with Crippen LogP contribution >= 0.6 is 0 Å². The monoisotopic (exact) mass is 261 g/mol. The maximum atomic E-state index is 9.53. The first-order chi connectivity index (χ1) is 9.20. The number of nitrogen functional groups attached to an aromatic ring is 1. The third-order valence-electron chi connectivity index (χ3n) is 3.84. The number of fused-ring (bicyclic) bond motifs is 1. The van der Waals surface area contributed by atoms with Gasteiger partial charge in [-0.25, -0.2) is 4.98 Å². The lowest BCUT2D eigenvalue weighted by Gasteiger charge is -2.22. The number of aromatic nitrogens is 2. The first kappa shape index (κ1) is 12.4. The van der Waals surface area contributed by atoms with Crippen LogP contribution in [0.4, 0.5) is 5.69 Å². The summed E-state index contributed by atoms with van der Waals surface area (Å²) >= 11 is 0. The number of hydrogen-bond donors (Lipinski definition) is 2. The average Bonchev–Trinajstić information content (AvgIpc) is 3.04. The van der Waals surface area contributed by atoms with Crippen molar-refractivity contribution in [3.8, 4) is 0 Å². The quantitative estimate of drug-likeness (QED) is 0.827. The summed E-state index contributed by atoms with van der Waals surface area (Å²) in [5.74, 6) is 0.670. The first-order valence-electron chi connectivity index (χ1n) is 6.69. The van der Waals surface area contributed by atoms with E-state index in [0.717, 1.165) is 30.5 Å². The van der Waals surface area contributed by atoms with Crippen molar-refractivity contribution in [1.29, 1.82) is 0 Å². The van der Waals surface area contributed by atoms with Crippen molar-refractivity contribution < 1.29 is 9.84 Å². The standard InChI is InChI=1S/C14H19N3O2/c1-9(13-3-2-6-19-13)17-12-5-4-10(15)7-11(12)16-14(17)8-18/h4-5,7,9,13,18H,2-3,6,8,15H2,1H3. The molecule has 2 aromatic rings. The zero-order valence-electron chi connectivity index (χ0n) is 11.0. The summed E-state index contributed by atoms with van der Waals surface area (Å²) in [4.78, 5) is 4.46. The number of imidazole rings is 1. The molecule has 2 unspecified atom stereocenters. The fraction of sp³-hybridized carbons (Fsp3) is 0.500. The number of aliphatic hydroxyl groups is 1. The maximum Gasteiger partial charge on any atom is 0.136 e. The Morgan fingerprint density at radius 1 is 1.58 bits per heavy atom. The zero-order valence-corrected chi connectivity index (χ0v) is 11.0. The molecule has 0 spiro atoms. The molecule has 0 radical (unpaired) electrons. The molecule has 5 nitrogen and oxygen atoms in total. The van der Waals surface area contributed by atoms with E-state index < -0.39 is 0 Å². The van der Waals surface area contributed by atoms with Gasteiger partial charge in [0.1, 0.15) is 12.4 Å². The van der Waals surface area contributed by atoms with Crippen LogP contribution < -0.4 is 5.73 Å². The highest BCUT2D eigenvalue weighted by atomic mass is 16.5. The lowest BCUT2D eigenvalue weighted by Crippen LogP contribution is -2.22. The number of rotatable bonds is 3. The predicted octanol–water partition coefficient (Wildman–Crippen LogP) is 1.85. The molecule has 19 heavy (non-hydrogen) atoms. The van der Waals surface area contributed by atoms with E-state index >= 15 is 0 Å². The van der Waals surface area contributed by atoms with Crippen LogP contribution in [0.1, 0.15) is 31.6 Å². The molecule has 0 aliphatic carbocycles. The Morgan fingerprint density at radius 3 is 3.11 bits per heavy atom. The molecule has 0 bridgehead atoms. The van der Waals surface area contributed by atoms with Crippen LogP contribution in [0.3, 0.4) is 0 Å². The predicted molar refractivity (Wildman–Crippen MR) is 73.8 cm³/mol. The molecule has 2 heterocycles. The molecule has 3 rings (SSSR count). The van der Waals surface area contributed by atoms with Crippen molar-refractivity contribution in [1.82, 2.24) is 9.55 Å². The van der Waals surface area contributed by atoms with Crippen molar-refractivity contribution in [2.75, 3.05) is 12.3 Å². The largest absolute Gasteiger partial charge is 0.399 e. The molecule has 5 heteroatoms. The van der Waals surface area contributed by atoms with Gasteiger partial charge in [0, 0.05) is 12.3 Å². The highest BCUT2D eigenvalue weighted by molar-refractivity contribution is 5.79. The van der Waals surface area contributed by atoms with Gasteiger partial charge < -0.3 is 20.1 Å². The van der Waals surface area contributed by atoms with E-state index in [1.54, 1.807) is 0 Å². The van der Waals surface area contributed by atoms with Gasteiger partial charge in [-0.3, -0.25) is 0 Å². The van der Waals surface area contributed by atoms with Crippen LogP contribution in [0.2, 0.25) is 0 Å². The molecule has 1 aliphatic heterocycles. The fourth-order valence-corrected chi connectivity index (χ4v) is 2.88. The maximum absolute atomic E-state index is 9.53. The van der Waals surface area contributed by atoms with Crippen molar-refractivity contribution in [3.05, 3.63) is 24.0 Å². The molecule has 2 atom stereocenters. The number of nitrogens with zero attached hydrogens (tertiary/aromatic N) is 2. The summed E-state index contributed by atoms with van der Waals surface area (Å²) in [5, 5.41) is 9.53. The Bertz CT molecular complexity index is 588. The smallest absolute Gasteiger partial charge is 0.136 e. The van der Waals surface area contributed by atoms with E-state index in [1.165, 1.54) is 0 Å². The highest BCUT2D eigenvalue weighted by Gasteiger charge is 2.26. The molecular weight excluding hydrogens is 242 g/mol. The number of anilines is 1. The van der Waals surface area contributed by atoms with Crippen LogP contribution in [-0.4, -0.2) is 27.4 Å². The molecule has 1 saturated heterocycles. The molecule has 1 aliphatic rings. The topological polar surface area (TPSA) is 73.3 Å². The Balaban J connectivity index is 2.09. The summed E-state index contributed by atoms with van der Waals surface area (Å²) in [5.41, 5.74) is 8.30. The number of hydrogen-bond acceptors (Lipinski definition) is 4. The molecular formula is C14H19N3O2. The number of nitrogens with two attached hydrogens (primary N) is 1. The summed E-state index contributed by atoms with van der Waals surface area (Å²) in [6.07, 6.45) is 2.35. The van der Waals surface area contributed by atoms with Gasteiger partial charge >= 0.3 is 0 Å². The molecule has 0 saturated carbocycles. The SMILES string of the molecule is CC(C1CCCO1)n1c(CO)nc2cc(N)ccc21. The van der Waals surface area contributed by atoms with E-state index in [9.17, 15) is 5.11 Å². The molecule has 1 aromatic carbocycles. The lowest BCUT2D eigenvalue weighted by molar-refractivity contribution is 0.0722. The van der Waals surface area contributed by atoms with Gasteiger partial charge in [-0.2, -0.15) is 0 Å². The van der Waals surface area contributed by atoms with Gasteiger partial charge in [0.15, 0.2) is 0 Å². The summed E-state index contributed by atoms with van der Waals surface area (Å²) in [7, 11) is 0. The third-order valence-corrected chi connectivity index (χ3v) is 3.84. The van der Waals surface area contributed by atoms with E-state index in [-0.39, 0.29) is 18.8 Å². The van der Waals surface area contributed by atoms with E-state index in [4.69, 9.17) is 10.5 Å². The summed E-state index contributed by atoms with van der Waals surface area (Å²) in [6.45, 7) is 2.86. The lowest BCUT2D eigenvalue weighted by atomic mass is 10.1. The normalized spacial score (nSPS) is 21.1. The van der Waals surface area contributed by atoms with Gasteiger partial charge in [0.25, 0.3) is 0 Å². The number of benzene rings is 1. The van der Waals surface area contributed by atoms with Gasteiger partial charge in [-0.1, -0.05) is 0 Å². The van der Waals surface area contributed by atoms with Crippen LogP contribution in [0.15, 0.2) is 18.2 Å². The van der Waals surface area contributed by atoms with Gasteiger partial charge in [-0.15, -0.1) is 0 Å². The highest BCUT2D eigenvalue weighted by Crippen LogP contribution is 2.29. The summed E-state index contributed by atoms with van der Waals surface area (Å²) < 4.78 is 7.83. The number of ether oxygens (including phenoxy) is 1. The minimum absolute atomic E-state index is 0.0777. The van der Waals surface area contributed by atoms with Gasteiger partial charge in [0.2, 0.25) is 0 Å². The zero-order chi connectivity index (χ0) is 13.4. The second kappa shape index (κ2) is 4.83. The van der Waals surface area contributed by atoms with Crippen molar-refractivity contribution in [2.24, 2.45) is 0 Å². The van der Waals surface area contributed by atoms with Gasteiger partial charge in [0.05, 0.1) is 23.2 Å². The Morgan fingerprint density at radius 2 is 2.42 bits per heavy atom. The van der Waals surface area contributed by atoms with Crippen LogP contribution in [0, 0.1) is 0 Å². The second-order valence-electron chi connectivity index (χ2n) is 5.10. The minimum atomic E-state index is -0.0777. The third kappa shape index (κ3) is 2.09. The fourth-order valence-electron chi connectivity index (χ4n) is 2.88. The molecule has 1 fully saturated rings. The molecule has 1 aromatic heterocycles. The van der Waals surface area contributed by atoms with Crippen molar-refractivity contribution in [2.45, 2.75) is 38.5 Å². The molecule has 3 N–H and O–H groups in total. The van der Waals surface area contributed by atoms with Crippen molar-refractivity contribution in [3.63, 3.8) is 0 Å². The van der Waals surface area contributed by atoms with Gasteiger partial charge in [-0.05, 0) is 38.0 Å². The van der Waals surface area contributed by atoms with E-state index in [2.05, 4.69) is 16.5 Å². The average molecular weight is 261 g/mol. The Kier molecular flexibility index (Phi) is 3.16. The van der Waals surface area contributed by atoms with E-state index in [1.807, 2.05) is 18.2 Å².